The van der Waals surface area contributed by atoms with Crippen LogP contribution in [0.25, 0.3) is 0 Å². The van der Waals surface area contributed by atoms with Gasteiger partial charge in [0.1, 0.15) is 0 Å². The molecule has 0 N–H and O–H groups in total. The van der Waals surface area contributed by atoms with Gasteiger partial charge in [-0.1, -0.05) is 15.9 Å². The number of halogens is 3. The Morgan fingerprint density at radius 1 is 1.62 bits per heavy atom. The number of pyridine rings is 1. The van der Waals surface area contributed by atoms with Crippen LogP contribution in [0.1, 0.15) is 28.0 Å². The van der Waals surface area contributed by atoms with Crippen LogP contribution in [-0.4, -0.2) is 11.3 Å². The van der Waals surface area contributed by atoms with Crippen LogP contribution in [0.5, 0.6) is 0 Å². The molecule has 1 rings (SSSR count). The topological polar surface area (TPSA) is 30.0 Å². The maximum Gasteiger partial charge on any atom is 0.264 e. The van der Waals surface area contributed by atoms with E-state index in [1.165, 1.54) is 6.20 Å². The van der Waals surface area contributed by atoms with Crippen LogP contribution in [0.15, 0.2) is 12.3 Å². The minimum Gasteiger partial charge on any atom is -0.298 e. The minimum atomic E-state index is -2.64. The molecule has 0 atom stereocenters. The largest absolute Gasteiger partial charge is 0.298 e. The molecule has 0 aliphatic heterocycles. The molecule has 0 aliphatic carbocycles. The Balaban J connectivity index is 3.27. The van der Waals surface area contributed by atoms with Gasteiger partial charge in [0.25, 0.3) is 6.43 Å². The number of aldehydes is 1. The van der Waals surface area contributed by atoms with E-state index in [1.54, 1.807) is 0 Å². The van der Waals surface area contributed by atoms with Crippen molar-refractivity contribution in [2.45, 2.75) is 11.8 Å². The number of hydrogen-bond donors (Lipinski definition) is 0. The number of carbonyl (C=O) groups is 1. The molecule has 5 heteroatoms. The first-order chi connectivity index (χ1) is 6.20. The van der Waals surface area contributed by atoms with Gasteiger partial charge in [-0.3, -0.25) is 9.78 Å². The molecule has 13 heavy (non-hydrogen) atoms. The summed E-state index contributed by atoms with van der Waals surface area (Å²) in [4.78, 5) is 14.3. The first kappa shape index (κ1) is 10.2. The van der Waals surface area contributed by atoms with Crippen LogP contribution in [0.2, 0.25) is 0 Å². The highest BCUT2D eigenvalue weighted by Gasteiger charge is 2.15. The van der Waals surface area contributed by atoms with Gasteiger partial charge < -0.3 is 0 Å². The summed E-state index contributed by atoms with van der Waals surface area (Å²) >= 11 is 3.07. The first-order valence-corrected chi connectivity index (χ1v) is 4.60. The standard InChI is InChI=1S/C8H6BrF2NO/c9-3-7-6(4-13)5(8(10)11)1-2-12-7/h1-2,4,8H,3H2. The molecule has 1 heterocycles. The van der Waals surface area contributed by atoms with Gasteiger partial charge in [-0.2, -0.15) is 0 Å². The zero-order valence-corrected chi connectivity index (χ0v) is 8.09. The summed E-state index contributed by atoms with van der Waals surface area (Å²) in [7, 11) is 0. The number of nitrogens with zero attached hydrogens (tertiary/aromatic N) is 1. The molecule has 1 aromatic heterocycles. The van der Waals surface area contributed by atoms with Crippen molar-refractivity contribution in [1.82, 2.24) is 4.98 Å². The summed E-state index contributed by atoms with van der Waals surface area (Å²) < 4.78 is 24.7. The second kappa shape index (κ2) is 4.41. The Morgan fingerprint density at radius 3 is 2.77 bits per heavy atom. The SMILES string of the molecule is O=Cc1c(C(F)F)ccnc1CBr. The third kappa shape index (κ3) is 2.09. The fraction of sp³-hybridized carbons (Fsp3) is 0.250. The summed E-state index contributed by atoms with van der Waals surface area (Å²) in [6.07, 6.45) is -0.961. The Bertz CT molecular complexity index is 317. The summed E-state index contributed by atoms with van der Waals surface area (Å²) in [6, 6.07) is 1.15. The Hall–Kier alpha value is -0.840. The molecule has 0 saturated heterocycles. The fourth-order valence-electron chi connectivity index (χ4n) is 0.966. The van der Waals surface area contributed by atoms with E-state index < -0.39 is 6.43 Å². The van der Waals surface area contributed by atoms with Crippen LogP contribution in [0.4, 0.5) is 8.78 Å². The molecule has 0 aromatic carbocycles. The highest BCUT2D eigenvalue weighted by molar-refractivity contribution is 9.08. The van der Waals surface area contributed by atoms with Gasteiger partial charge in [-0.15, -0.1) is 0 Å². The van der Waals surface area contributed by atoms with Crippen LogP contribution >= 0.6 is 15.9 Å². The molecular formula is C8H6BrF2NO. The van der Waals surface area contributed by atoms with E-state index in [2.05, 4.69) is 20.9 Å². The van der Waals surface area contributed by atoms with Gasteiger partial charge >= 0.3 is 0 Å². The van der Waals surface area contributed by atoms with Gasteiger partial charge in [0.15, 0.2) is 6.29 Å². The maximum absolute atomic E-state index is 12.3. The number of carbonyl (C=O) groups excluding carboxylic acids is 1. The van der Waals surface area contributed by atoms with E-state index in [9.17, 15) is 13.6 Å². The molecule has 0 saturated carbocycles. The van der Waals surface area contributed by atoms with Crippen molar-refractivity contribution in [3.05, 3.63) is 29.1 Å². The monoisotopic (exact) mass is 249 g/mol. The molecule has 2 nitrogen and oxygen atoms in total. The average Bonchev–Trinajstić information content (AvgIpc) is 2.16. The second-order valence-electron chi connectivity index (χ2n) is 2.31. The Morgan fingerprint density at radius 2 is 2.31 bits per heavy atom. The van der Waals surface area contributed by atoms with E-state index in [0.29, 0.717) is 17.3 Å². The third-order valence-corrected chi connectivity index (χ3v) is 2.12. The van der Waals surface area contributed by atoms with E-state index in [4.69, 9.17) is 0 Å². The number of hydrogen-bond acceptors (Lipinski definition) is 2. The lowest BCUT2D eigenvalue weighted by Gasteiger charge is -2.05. The molecule has 70 valence electrons. The van der Waals surface area contributed by atoms with Crippen LogP contribution < -0.4 is 0 Å². The van der Waals surface area contributed by atoms with Gasteiger partial charge in [-0.05, 0) is 6.07 Å². The van der Waals surface area contributed by atoms with Crippen LogP contribution in [0.3, 0.4) is 0 Å². The Labute approximate surface area is 82.1 Å². The maximum atomic E-state index is 12.3. The quantitative estimate of drug-likeness (QED) is 0.609. The molecule has 0 unspecified atom stereocenters. The fourth-order valence-corrected chi connectivity index (χ4v) is 1.41. The van der Waals surface area contributed by atoms with Crippen molar-refractivity contribution in [2.75, 3.05) is 0 Å². The minimum absolute atomic E-state index is 0.0191. The van der Waals surface area contributed by atoms with E-state index >= 15 is 0 Å². The van der Waals surface area contributed by atoms with Crippen LogP contribution in [0, 0.1) is 0 Å². The highest BCUT2D eigenvalue weighted by Crippen LogP contribution is 2.23. The second-order valence-corrected chi connectivity index (χ2v) is 2.87. The molecule has 0 spiro atoms. The Kier molecular flexibility index (Phi) is 3.48. The molecule has 0 fully saturated rings. The van der Waals surface area contributed by atoms with Crippen molar-refractivity contribution in [2.24, 2.45) is 0 Å². The van der Waals surface area contributed by atoms with Crippen molar-refractivity contribution in [3.8, 4) is 0 Å². The predicted molar refractivity (Wildman–Crippen MR) is 47.2 cm³/mol. The lowest BCUT2D eigenvalue weighted by atomic mass is 10.1. The lowest BCUT2D eigenvalue weighted by molar-refractivity contribution is 0.110. The van der Waals surface area contributed by atoms with Crippen molar-refractivity contribution in [1.29, 1.82) is 0 Å². The summed E-state index contributed by atoms with van der Waals surface area (Å²) in [6.45, 7) is 0. The van der Waals surface area contributed by atoms with Crippen molar-refractivity contribution < 1.29 is 13.6 Å². The normalized spacial score (nSPS) is 10.5. The highest BCUT2D eigenvalue weighted by atomic mass is 79.9. The van der Waals surface area contributed by atoms with E-state index in [-0.39, 0.29) is 11.1 Å². The molecule has 1 aromatic rings. The third-order valence-electron chi connectivity index (χ3n) is 1.59. The molecular weight excluding hydrogens is 244 g/mol. The van der Waals surface area contributed by atoms with Crippen molar-refractivity contribution >= 4 is 22.2 Å². The summed E-state index contributed by atoms with van der Waals surface area (Å²) in [5.74, 6) is 0. The first-order valence-electron chi connectivity index (χ1n) is 3.47. The zero-order chi connectivity index (χ0) is 9.84. The van der Waals surface area contributed by atoms with Crippen LogP contribution in [-0.2, 0) is 5.33 Å². The predicted octanol–water partition coefficient (Wildman–Crippen LogP) is 2.73. The average molecular weight is 250 g/mol. The van der Waals surface area contributed by atoms with Crippen molar-refractivity contribution in [3.63, 3.8) is 0 Å². The molecule has 0 bridgehead atoms. The number of aromatic nitrogens is 1. The van der Waals surface area contributed by atoms with Gasteiger partial charge in [-0.25, -0.2) is 8.78 Å². The zero-order valence-electron chi connectivity index (χ0n) is 6.51. The molecule has 0 radical (unpaired) electrons. The van der Waals surface area contributed by atoms with Gasteiger partial charge in [0.2, 0.25) is 0 Å². The smallest absolute Gasteiger partial charge is 0.264 e. The van der Waals surface area contributed by atoms with E-state index in [1.807, 2.05) is 0 Å². The van der Waals surface area contributed by atoms with Gasteiger partial charge in [0.05, 0.1) is 5.69 Å². The number of rotatable bonds is 3. The number of alkyl halides is 3. The molecule has 0 amide bonds. The summed E-state index contributed by atoms with van der Waals surface area (Å²) in [5, 5.41) is 0.293. The van der Waals surface area contributed by atoms with Gasteiger partial charge in [0, 0.05) is 22.7 Å². The molecule has 0 aliphatic rings. The van der Waals surface area contributed by atoms with E-state index in [0.717, 1.165) is 6.07 Å². The lowest BCUT2D eigenvalue weighted by Crippen LogP contribution is -2.00. The summed E-state index contributed by atoms with van der Waals surface area (Å²) in [5.41, 5.74) is 0.0571.